The lowest BCUT2D eigenvalue weighted by Gasteiger charge is -2.12. The van der Waals surface area contributed by atoms with Crippen LogP contribution in [0.1, 0.15) is 4.88 Å². The summed E-state index contributed by atoms with van der Waals surface area (Å²) in [5.74, 6) is -3.04. The molecule has 1 heterocycles. The summed E-state index contributed by atoms with van der Waals surface area (Å²) < 4.78 is 24.9. The van der Waals surface area contributed by atoms with Crippen LogP contribution in [0.3, 0.4) is 0 Å². The van der Waals surface area contributed by atoms with Gasteiger partial charge in [-0.2, -0.15) is 0 Å². The highest BCUT2D eigenvalue weighted by Crippen LogP contribution is 2.11. The van der Waals surface area contributed by atoms with Gasteiger partial charge >= 0.3 is 0 Å². The number of thiazole rings is 1. The summed E-state index contributed by atoms with van der Waals surface area (Å²) in [6.45, 7) is -1.27. The number of alkyl halides is 2. The maximum absolute atomic E-state index is 12.5. The molecule has 1 aromatic heterocycles. The molecule has 2 N–H and O–H groups in total. The second-order valence-corrected chi connectivity index (χ2v) is 3.56. The molecule has 0 unspecified atom stereocenters. The van der Waals surface area contributed by atoms with Gasteiger partial charge in [-0.3, -0.25) is 4.98 Å². The zero-order valence-electron chi connectivity index (χ0n) is 6.83. The van der Waals surface area contributed by atoms with Crippen molar-refractivity contribution in [3.05, 3.63) is 16.6 Å². The number of halogens is 2. The van der Waals surface area contributed by atoms with Gasteiger partial charge in [0.25, 0.3) is 5.92 Å². The topological polar surface area (TPSA) is 45.1 Å². The van der Waals surface area contributed by atoms with Crippen LogP contribution < -0.4 is 5.32 Å². The van der Waals surface area contributed by atoms with Crippen LogP contribution in [0.25, 0.3) is 0 Å². The fraction of sp³-hybridized carbons (Fsp3) is 0.571. The summed E-state index contributed by atoms with van der Waals surface area (Å²) in [6, 6.07) is 0. The molecule has 0 atom stereocenters. The van der Waals surface area contributed by atoms with Crippen molar-refractivity contribution < 1.29 is 13.9 Å². The van der Waals surface area contributed by atoms with Gasteiger partial charge in [0, 0.05) is 17.6 Å². The molecule has 1 rings (SSSR count). The number of hydrogen-bond acceptors (Lipinski definition) is 4. The molecule has 13 heavy (non-hydrogen) atoms. The van der Waals surface area contributed by atoms with Gasteiger partial charge in [0.1, 0.15) is 6.61 Å². The fourth-order valence-corrected chi connectivity index (χ4v) is 1.32. The van der Waals surface area contributed by atoms with Crippen LogP contribution in [0.2, 0.25) is 0 Å². The number of hydrogen-bond donors (Lipinski definition) is 2. The minimum Gasteiger partial charge on any atom is -0.390 e. The smallest absolute Gasteiger partial charge is 0.282 e. The Labute approximate surface area is 78.4 Å². The second kappa shape index (κ2) is 4.59. The predicted molar refractivity (Wildman–Crippen MR) is 45.9 cm³/mol. The van der Waals surface area contributed by atoms with Crippen molar-refractivity contribution >= 4 is 11.3 Å². The Balaban J connectivity index is 2.21. The highest BCUT2D eigenvalue weighted by atomic mass is 32.1. The molecular weight excluding hydrogens is 198 g/mol. The van der Waals surface area contributed by atoms with Crippen LogP contribution in [0.15, 0.2) is 11.7 Å². The van der Waals surface area contributed by atoms with Gasteiger partial charge in [0.15, 0.2) is 0 Å². The van der Waals surface area contributed by atoms with Crippen molar-refractivity contribution in [3.8, 4) is 0 Å². The minimum absolute atomic E-state index is 0.361. The van der Waals surface area contributed by atoms with Crippen LogP contribution in [0.5, 0.6) is 0 Å². The van der Waals surface area contributed by atoms with Gasteiger partial charge in [-0.1, -0.05) is 0 Å². The molecule has 6 heteroatoms. The molecule has 0 aliphatic rings. The lowest BCUT2D eigenvalue weighted by Crippen LogP contribution is -2.35. The molecule has 0 aliphatic carbocycles. The average Bonchev–Trinajstić information content (AvgIpc) is 2.57. The lowest BCUT2D eigenvalue weighted by atomic mass is 10.3. The summed E-state index contributed by atoms with van der Waals surface area (Å²) in [4.78, 5) is 4.70. The fourth-order valence-electron chi connectivity index (χ4n) is 0.754. The zero-order chi connectivity index (χ0) is 9.73. The first-order valence-corrected chi connectivity index (χ1v) is 4.59. The number of aliphatic hydroxyl groups is 1. The van der Waals surface area contributed by atoms with E-state index in [0.29, 0.717) is 6.54 Å². The van der Waals surface area contributed by atoms with E-state index in [4.69, 9.17) is 5.11 Å². The van der Waals surface area contributed by atoms with Crippen LogP contribution in [-0.4, -0.2) is 29.2 Å². The summed E-state index contributed by atoms with van der Waals surface area (Å²) in [5, 5.41) is 10.8. The van der Waals surface area contributed by atoms with Crippen LogP contribution in [0.4, 0.5) is 8.78 Å². The Morgan fingerprint density at radius 1 is 1.62 bits per heavy atom. The SMILES string of the molecule is OCC(F)(F)CNCc1cncs1. The number of rotatable bonds is 5. The maximum Gasteiger partial charge on any atom is 0.282 e. The summed E-state index contributed by atoms with van der Waals surface area (Å²) in [5.41, 5.74) is 1.64. The Morgan fingerprint density at radius 3 is 2.92 bits per heavy atom. The van der Waals surface area contributed by atoms with Crippen molar-refractivity contribution in [3.63, 3.8) is 0 Å². The molecule has 0 saturated carbocycles. The largest absolute Gasteiger partial charge is 0.390 e. The van der Waals surface area contributed by atoms with Crippen molar-refractivity contribution in [1.29, 1.82) is 0 Å². The monoisotopic (exact) mass is 208 g/mol. The normalized spacial score (nSPS) is 11.9. The van der Waals surface area contributed by atoms with E-state index in [2.05, 4.69) is 10.3 Å². The Hall–Kier alpha value is -0.590. The molecule has 0 bridgehead atoms. The van der Waals surface area contributed by atoms with Gasteiger partial charge < -0.3 is 10.4 Å². The van der Waals surface area contributed by atoms with Crippen molar-refractivity contribution in [2.24, 2.45) is 0 Å². The summed E-state index contributed by atoms with van der Waals surface area (Å²) in [7, 11) is 0. The second-order valence-electron chi connectivity index (χ2n) is 2.59. The number of aliphatic hydroxyl groups excluding tert-OH is 1. The Kier molecular flexibility index (Phi) is 3.71. The molecule has 0 aromatic carbocycles. The molecular formula is C7H10F2N2OS. The first-order chi connectivity index (χ1) is 6.14. The highest BCUT2D eigenvalue weighted by molar-refractivity contribution is 7.09. The van der Waals surface area contributed by atoms with Crippen LogP contribution in [0, 0.1) is 0 Å². The van der Waals surface area contributed by atoms with Gasteiger partial charge in [0.2, 0.25) is 0 Å². The van der Waals surface area contributed by atoms with E-state index in [9.17, 15) is 8.78 Å². The zero-order valence-corrected chi connectivity index (χ0v) is 7.65. The van der Waals surface area contributed by atoms with Crippen molar-refractivity contribution in [1.82, 2.24) is 10.3 Å². The molecule has 0 saturated heterocycles. The molecule has 0 aliphatic heterocycles. The number of nitrogens with zero attached hydrogens (tertiary/aromatic N) is 1. The minimum atomic E-state index is -3.04. The van der Waals surface area contributed by atoms with E-state index in [1.807, 2.05) is 0 Å². The molecule has 0 spiro atoms. The van der Waals surface area contributed by atoms with Crippen molar-refractivity contribution in [2.45, 2.75) is 12.5 Å². The van der Waals surface area contributed by atoms with E-state index in [0.717, 1.165) is 4.88 Å². The molecule has 0 amide bonds. The summed E-state index contributed by atoms with van der Waals surface area (Å²) in [6.07, 6.45) is 1.62. The van der Waals surface area contributed by atoms with Crippen LogP contribution in [-0.2, 0) is 6.54 Å². The predicted octanol–water partition coefficient (Wildman–Crippen LogP) is 0.860. The summed E-state index contributed by atoms with van der Waals surface area (Å²) >= 11 is 1.40. The highest BCUT2D eigenvalue weighted by Gasteiger charge is 2.26. The molecule has 0 radical (unpaired) electrons. The lowest BCUT2D eigenvalue weighted by molar-refractivity contribution is -0.0477. The third kappa shape index (κ3) is 3.75. The molecule has 74 valence electrons. The van der Waals surface area contributed by atoms with Crippen molar-refractivity contribution in [2.75, 3.05) is 13.2 Å². The third-order valence-electron chi connectivity index (χ3n) is 1.40. The molecule has 3 nitrogen and oxygen atoms in total. The van der Waals surface area contributed by atoms with E-state index < -0.39 is 19.1 Å². The quantitative estimate of drug-likeness (QED) is 0.754. The van der Waals surface area contributed by atoms with Gasteiger partial charge in [-0.25, -0.2) is 8.78 Å². The maximum atomic E-state index is 12.5. The third-order valence-corrected chi connectivity index (χ3v) is 2.18. The van der Waals surface area contributed by atoms with Gasteiger partial charge in [0.05, 0.1) is 12.1 Å². The van der Waals surface area contributed by atoms with E-state index in [1.54, 1.807) is 11.7 Å². The van der Waals surface area contributed by atoms with Crippen LogP contribution >= 0.6 is 11.3 Å². The number of aromatic nitrogens is 1. The average molecular weight is 208 g/mol. The van der Waals surface area contributed by atoms with Gasteiger partial charge in [-0.05, 0) is 0 Å². The first kappa shape index (κ1) is 10.5. The Morgan fingerprint density at radius 2 is 2.38 bits per heavy atom. The van der Waals surface area contributed by atoms with E-state index >= 15 is 0 Å². The first-order valence-electron chi connectivity index (χ1n) is 3.71. The molecule has 0 fully saturated rings. The molecule has 1 aromatic rings. The standard InChI is InChI=1S/C7H10F2N2OS/c8-7(9,4-12)3-10-1-6-2-11-5-13-6/h2,5,10,12H,1,3-4H2. The van der Waals surface area contributed by atoms with Gasteiger partial charge in [-0.15, -0.1) is 11.3 Å². The Bertz CT molecular complexity index is 241. The number of nitrogens with one attached hydrogen (secondary N) is 1. The van der Waals surface area contributed by atoms with E-state index in [-0.39, 0.29) is 0 Å². The van der Waals surface area contributed by atoms with E-state index in [1.165, 1.54) is 11.3 Å².